The molecule has 0 spiro atoms. The van der Waals surface area contributed by atoms with Crippen LogP contribution in [0, 0.1) is 18.6 Å². The Kier molecular flexibility index (Phi) is 4.54. The fourth-order valence-electron chi connectivity index (χ4n) is 3.18. The van der Waals surface area contributed by atoms with Crippen LogP contribution in [-0.2, 0) is 0 Å². The number of halogens is 2. The monoisotopic (exact) mass is 322 g/mol. The second-order valence-electron chi connectivity index (χ2n) is 5.91. The molecule has 1 aliphatic rings. The maximum Gasteiger partial charge on any atom is 0.162 e. The van der Waals surface area contributed by atoms with E-state index in [-0.39, 0.29) is 5.92 Å². The lowest BCUT2D eigenvalue weighted by molar-refractivity contribution is 0.163. The summed E-state index contributed by atoms with van der Waals surface area (Å²) in [5, 5.41) is 1.08. The van der Waals surface area contributed by atoms with Gasteiger partial charge in [0.15, 0.2) is 11.6 Å². The minimum Gasteiger partial charge on any atom is -0.296 e. The van der Waals surface area contributed by atoms with Crippen LogP contribution in [-0.4, -0.2) is 23.0 Å². The van der Waals surface area contributed by atoms with Gasteiger partial charge in [-0.05, 0) is 57.3 Å². The molecular weight excluding hydrogens is 302 g/mol. The lowest BCUT2D eigenvalue weighted by Gasteiger charge is -2.35. The predicted octanol–water partition coefficient (Wildman–Crippen LogP) is 4.67. The van der Waals surface area contributed by atoms with Gasteiger partial charge in [0.1, 0.15) is 0 Å². The van der Waals surface area contributed by atoms with Crippen LogP contribution in [0.3, 0.4) is 0 Å². The van der Waals surface area contributed by atoms with Crippen molar-refractivity contribution in [1.82, 2.24) is 9.88 Å². The molecule has 3 rings (SSSR count). The lowest BCUT2D eigenvalue weighted by atomic mass is 9.88. The summed E-state index contributed by atoms with van der Waals surface area (Å²) in [5.74, 6) is -1.30. The SMILES string of the molecule is Cc1ncc([C@H](C)N2CCC(c3cccc(F)c3F)CC2)s1. The zero-order valence-electron chi connectivity index (χ0n) is 12.9. The van der Waals surface area contributed by atoms with E-state index in [4.69, 9.17) is 0 Å². The summed E-state index contributed by atoms with van der Waals surface area (Å²) in [4.78, 5) is 7.99. The van der Waals surface area contributed by atoms with Crippen molar-refractivity contribution in [2.24, 2.45) is 0 Å². The molecule has 2 aromatic rings. The second-order valence-corrected chi connectivity index (χ2v) is 7.18. The van der Waals surface area contributed by atoms with Gasteiger partial charge in [-0.15, -0.1) is 11.3 Å². The van der Waals surface area contributed by atoms with Gasteiger partial charge in [-0.1, -0.05) is 12.1 Å². The van der Waals surface area contributed by atoms with Gasteiger partial charge in [-0.25, -0.2) is 13.8 Å². The highest BCUT2D eigenvalue weighted by atomic mass is 32.1. The van der Waals surface area contributed by atoms with Crippen molar-refractivity contribution >= 4 is 11.3 Å². The fraction of sp³-hybridized carbons (Fsp3) is 0.471. The van der Waals surface area contributed by atoms with Crippen LogP contribution < -0.4 is 0 Å². The minimum atomic E-state index is -0.742. The first kappa shape index (κ1) is 15.6. The van der Waals surface area contributed by atoms with Crippen molar-refractivity contribution in [3.63, 3.8) is 0 Å². The standard InChI is InChI=1S/C17H20F2N2S/c1-11(16-10-20-12(2)22-16)21-8-6-13(7-9-21)14-4-3-5-15(18)17(14)19/h3-5,10-11,13H,6-9H2,1-2H3/t11-/m0/s1. The highest BCUT2D eigenvalue weighted by molar-refractivity contribution is 7.11. The molecule has 2 heterocycles. The van der Waals surface area contributed by atoms with Crippen molar-refractivity contribution < 1.29 is 8.78 Å². The van der Waals surface area contributed by atoms with Crippen LogP contribution in [0.15, 0.2) is 24.4 Å². The maximum absolute atomic E-state index is 13.9. The highest BCUT2D eigenvalue weighted by Crippen LogP contribution is 2.34. The van der Waals surface area contributed by atoms with Gasteiger partial charge in [0.2, 0.25) is 0 Å². The molecule has 22 heavy (non-hydrogen) atoms. The number of aromatic nitrogens is 1. The Labute approximate surface area is 133 Å². The van der Waals surface area contributed by atoms with Crippen molar-refractivity contribution in [3.05, 3.63) is 51.5 Å². The van der Waals surface area contributed by atoms with Crippen molar-refractivity contribution in [2.45, 2.75) is 38.6 Å². The maximum atomic E-state index is 13.9. The molecular formula is C17H20F2N2S. The van der Waals surface area contributed by atoms with Gasteiger partial charge in [-0.3, -0.25) is 4.90 Å². The summed E-state index contributed by atoms with van der Waals surface area (Å²) in [6.45, 7) is 6.01. The Balaban J connectivity index is 1.66. The summed E-state index contributed by atoms with van der Waals surface area (Å²) in [5.41, 5.74) is 0.529. The van der Waals surface area contributed by atoms with Crippen molar-refractivity contribution in [2.75, 3.05) is 13.1 Å². The largest absolute Gasteiger partial charge is 0.296 e. The van der Waals surface area contributed by atoms with E-state index in [1.807, 2.05) is 13.1 Å². The molecule has 1 fully saturated rings. The predicted molar refractivity (Wildman–Crippen MR) is 85.2 cm³/mol. The van der Waals surface area contributed by atoms with Gasteiger partial charge in [0.25, 0.3) is 0 Å². The average molecular weight is 322 g/mol. The number of thiazole rings is 1. The molecule has 1 aromatic carbocycles. The Hall–Kier alpha value is -1.33. The van der Waals surface area contributed by atoms with Crippen molar-refractivity contribution in [1.29, 1.82) is 0 Å². The molecule has 0 amide bonds. The lowest BCUT2D eigenvalue weighted by Crippen LogP contribution is -2.35. The van der Waals surface area contributed by atoms with E-state index < -0.39 is 11.6 Å². The van der Waals surface area contributed by atoms with Gasteiger partial charge in [-0.2, -0.15) is 0 Å². The molecule has 2 nitrogen and oxygen atoms in total. The third-order valence-corrected chi connectivity index (χ3v) is 5.63. The molecule has 0 bridgehead atoms. The second kappa shape index (κ2) is 6.42. The minimum absolute atomic E-state index is 0.113. The van der Waals surface area contributed by atoms with Gasteiger partial charge >= 0.3 is 0 Å². The third-order valence-electron chi connectivity index (χ3n) is 4.55. The molecule has 0 N–H and O–H groups in total. The Morgan fingerprint density at radius 2 is 2.00 bits per heavy atom. The summed E-state index contributed by atoms with van der Waals surface area (Å²) in [6, 6.07) is 4.84. The van der Waals surface area contributed by atoms with Crippen LogP contribution >= 0.6 is 11.3 Å². The highest BCUT2D eigenvalue weighted by Gasteiger charge is 2.27. The molecule has 1 aromatic heterocycles. The average Bonchev–Trinajstić information content (AvgIpc) is 2.96. The zero-order valence-corrected chi connectivity index (χ0v) is 13.7. The first-order valence-electron chi connectivity index (χ1n) is 7.66. The molecule has 0 aliphatic carbocycles. The normalized spacial score (nSPS) is 18.5. The topological polar surface area (TPSA) is 16.1 Å². The first-order chi connectivity index (χ1) is 10.6. The summed E-state index contributed by atoms with van der Waals surface area (Å²) in [7, 11) is 0. The Morgan fingerprint density at radius 1 is 1.27 bits per heavy atom. The van der Waals surface area contributed by atoms with E-state index in [1.54, 1.807) is 23.5 Å². The summed E-state index contributed by atoms with van der Waals surface area (Å²) in [6.07, 6.45) is 3.67. The number of benzene rings is 1. The Bertz CT molecular complexity index is 648. The molecule has 0 radical (unpaired) electrons. The smallest absolute Gasteiger partial charge is 0.162 e. The number of hydrogen-bond acceptors (Lipinski definition) is 3. The number of nitrogens with zero attached hydrogens (tertiary/aromatic N) is 2. The molecule has 5 heteroatoms. The molecule has 1 saturated heterocycles. The summed E-state index contributed by atoms with van der Waals surface area (Å²) >= 11 is 1.73. The molecule has 1 atom stereocenters. The molecule has 1 aliphatic heterocycles. The van der Waals surface area contributed by atoms with E-state index in [0.29, 0.717) is 11.6 Å². The van der Waals surface area contributed by atoms with E-state index >= 15 is 0 Å². The quantitative estimate of drug-likeness (QED) is 0.816. The van der Waals surface area contributed by atoms with Crippen LogP contribution in [0.5, 0.6) is 0 Å². The molecule has 0 unspecified atom stereocenters. The fourth-order valence-corrected chi connectivity index (χ4v) is 4.06. The van der Waals surface area contributed by atoms with Crippen molar-refractivity contribution in [3.8, 4) is 0 Å². The number of aryl methyl sites for hydroxylation is 1. The van der Waals surface area contributed by atoms with Crippen LogP contribution in [0.25, 0.3) is 0 Å². The third kappa shape index (κ3) is 3.06. The summed E-state index contributed by atoms with van der Waals surface area (Å²) < 4.78 is 27.3. The van der Waals surface area contributed by atoms with Crippen LogP contribution in [0.2, 0.25) is 0 Å². The van der Waals surface area contributed by atoms with E-state index in [1.165, 1.54) is 10.9 Å². The number of hydrogen-bond donors (Lipinski definition) is 0. The van der Waals surface area contributed by atoms with Gasteiger partial charge in [0.05, 0.1) is 5.01 Å². The molecule has 0 saturated carbocycles. The molecule has 118 valence electrons. The van der Waals surface area contributed by atoms with E-state index in [0.717, 1.165) is 30.9 Å². The van der Waals surface area contributed by atoms with Crippen LogP contribution in [0.4, 0.5) is 8.78 Å². The van der Waals surface area contributed by atoms with Gasteiger partial charge < -0.3 is 0 Å². The zero-order chi connectivity index (χ0) is 15.7. The van der Waals surface area contributed by atoms with Crippen LogP contribution in [0.1, 0.15) is 47.2 Å². The first-order valence-corrected chi connectivity index (χ1v) is 8.48. The number of rotatable bonds is 3. The van der Waals surface area contributed by atoms with E-state index in [9.17, 15) is 8.78 Å². The number of likely N-dealkylation sites (tertiary alicyclic amines) is 1. The van der Waals surface area contributed by atoms with E-state index in [2.05, 4.69) is 16.8 Å². The van der Waals surface area contributed by atoms with Gasteiger partial charge in [0, 0.05) is 17.1 Å². The number of piperidine rings is 1. The Morgan fingerprint density at radius 3 is 2.64 bits per heavy atom.